The molecule has 1 rings (SSSR count). The molecule has 0 saturated heterocycles. The number of H-pyrrole nitrogens is 2. The van der Waals surface area contributed by atoms with Crippen molar-refractivity contribution < 1.29 is 0 Å². The Morgan fingerprint density at radius 2 is 2.12 bits per heavy atom. The van der Waals surface area contributed by atoms with Crippen LogP contribution in [0.25, 0.3) is 0 Å². The molecule has 0 aromatic carbocycles. The van der Waals surface area contributed by atoms with E-state index in [1.165, 1.54) is 6.07 Å². The largest absolute Gasteiger partial charge is 0.305 e. The third kappa shape index (κ3) is 2.23. The van der Waals surface area contributed by atoms with Gasteiger partial charge in [-0.25, -0.2) is 0 Å². The average molecular weight is 114 g/mol. The fourth-order valence-electron chi connectivity index (χ4n) is 0.272. The van der Waals surface area contributed by atoms with E-state index in [1.54, 1.807) is 6.20 Å². The summed E-state index contributed by atoms with van der Waals surface area (Å²) in [4.78, 5) is 9.98. The van der Waals surface area contributed by atoms with Gasteiger partial charge < -0.3 is 5.10 Å². The van der Waals surface area contributed by atoms with Crippen LogP contribution in [0.1, 0.15) is 13.8 Å². The molecule has 0 amide bonds. The zero-order valence-corrected chi connectivity index (χ0v) is 5.06. The second-order valence-corrected chi connectivity index (χ2v) is 0.967. The van der Waals surface area contributed by atoms with E-state index in [4.69, 9.17) is 0 Å². The summed E-state index contributed by atoms with van der Waals surface area (Å²) in [5, 5.41) is 4.81. The predicted molar refractivity (Wildman–Crippen MR) is 32.8 cm³/mol. The van der Waals surface area contributed by atoms with Crippen LogP contribution in [0.3, 0.4) is 0 Å². The highest BCUT2D eigenvalue weighted by molar-refractivity contribution is 4.75. The number of rotatable bonds is 0. The minimum absolute atomic E-state index is 0.0880. The SMILES string of the molecule is CC.O=c1cc[nH][nH]1. The molecule has 2 N–H and O–H groups in total. The molecule has 0 bridgehead atoms. The molecular weight excluding hydrogens is 104 g/mol. The van der Waals surface area contributed by atoms with Crippen molar-refractivity contribution in [3.63, 3.8) is 0 Å². The maximum Gasteiger partial charge on any atom is 0.263 e. The second-order valence-electron chi connectivity index (χ2n) is 0.967. The topological polar surface area (TPSA) is 48.6 Å². The van der Waals surface area contributed by atoms with Crippen molar-refractivity contribution in [1.29, 1.82) is 0 Å². The quantitative estimate of drug-likeness (QED) is 0.513. The zero-order valence-electron chi connectivity index (χ0n) is 5.06. The average Bonchev–Trinajstić information content (AvgIpc) is 2.24. The van der Waals surface area contributed by atoms with Crippen molar-refractivity contribution in [2.24, 2.45) is 0 Å². The smallest absolute Gasteiger partial charge is 0.263 e. The molecule has 3 heteroatoms. The van der Waals surface area contributed by atoms with Crippen molar-refractivity contribution >= 4 is 0 Å². The predicted octanol–water partition coefficient (Wildman–Crippen LogP) is 0.729. The Labute approximate surface area is 47.7 Å². The van der Waals surface area contributed by atoms with Crippen LogP contribution in [-0.2, 0) is 0 Å². The van der Waals surface area contributed by atoms with Gasteiger partial charge in [0.25, 0.3) is 5.56 Å². The minimum atomic E-state index is -0.0880. The summed E-state index contributed by atoms with van der Waals surface area (Å²) in [7, 11) is 0. The number of hydrogen-bond donors (Lipinski definition) is 2. The van der Waals surface area contributed by atoms with Gasteiger partial charge in [-0.2, -0.15) is 0 Å². The van der Waals surface area contributed by atoms with Crippen LogP contribution >= 0.6 is 0 Å². The van der Waals surface area contributed by atoms with Crippen molar-refractivity contribution in [3.05, 3.63) is 22.6 Å². The lowest BCUT2D eigenvalue weighted by molar-refractivity contribution is 1.06. The van der Waals surface area contributed by atoms with Crippen molar-refractivity contribution in [1.82, 2.24) is 10.2 Å². The fraction of sp³-hybridized carbons (Fsp3) is 0.400. The second kappa shape index (κ2) is 4.18. The van der Waals surface area contributed by atoms with Gasteiger partial charge >= 0.3 is 0 Å². The highest BCUT2D eigenvalue weighted by Gasteiger charge is 1.70. The summed E-state index contributed by atoms with van der Waals surface area (Å²) in [6.07, 6.45) is 1.54. The minimum Gasteiger partial charge on any atom is -0.305 e. The lowest BCUT2D eigenvalue weighted by atomic mass is 10.7. The van der Waals surface area contributed by atoms with E-state index in [1.807, 2.05) is 13.8 Å². The van der Waals surface area contributed by atoms with E-state index in [0.29, 0.717) is 0 Å². The van der Waals surface area contributed by atoms with E-state index in [0.717, 1.165) is 0 Å². The highest BCUT2D eigenvalue weighted by atomic mass is 16.1. The van der Waals surface area contributed by atoms with Crippen LogP contribution in [0, 0.1) is 0 Å². The summed E-state index contributed by atoms with van der Waals surface area (Å²) in [6, 6.07) is 1.42. The molecule has 0 aliphatic carbocycles. The monoisotopic (exact) mass is 114 g/mol. The lowest BCUT2D eigenvalue weighted by Crippen LogP contribution is -1.93. The molecule has 0 saturated carbocycles. The van der Waals surface area contributed by atoms with Crippen molar-refractivity contribution in [3.8, 4) is 0 Å². The van der Waals surface area contributed by atoms with Gasteiger partial charge in [0.05, 0.1) is 0 Å². The summed E-state index contributed by atoms with van der Waals surface area (Å²) in [5.74, 6) is 0. The van der Waals surface area contributed by atoms with E-state index in [9.17, 15) is 4.79 Å². The van der Waals surface area contributed by atoms with Gasteiger partial charge in [-0.3, -0.25) is 9.89 Å². The normalized spacial score (nSPS) is 7.25. The van der Waals surface area contributed by atoms with Gasteiger partial charge in [-0.05, 0) is 0 Å². The van der Waals surface area contributed by atoms with Crippen molar-refractivity contribution in [2.75, 3.05) is 0 Å². The van der Waals surface area contributed by atoms with Gasteiger partial charge in [-0.15, -0.1) is 0 Å². The lowest BCUT2D eigenvalue weighted by Gasteiger charge is -1.55. The number of nitrogens with one attached hydrogen (secondary N) is 2. The van der Waals surface area contributed by atoms with Gasteiger partial charge in [0.2, 0.25) is 0 Å². The molecule has 0 atom stereocenters. The van der Waals surface area contributed by atoms with Gasteiger partial charge in [0.15, 0.2) is 0 Å². The third-order valence-corrected chi connectivity index (χ3v) is 0.513. The molecule has 1 aromatic rings. The van der Waals surface area contributed by atoms with Gasteiger partial charge in [0.1, 0.15) is 0 Å². The van der Waals surface area contributed by atoms with Crippen LogP contribution in [0.5, 0.6) is 0 Å². The first-order valence-electron chi connectivity index (χ1n) is 2.61. The number of aromatic amines is 2. The Bertz CT molecular complexity index is 148. The van der Waals surface area contributed by atoms with E-state index in [2.05, 4.69) is 10.2 Å². The van der Waals surface area contributed by atoms with Crippen LogP contribution in [0.2, 0.25) is 0 Å². The Kier molecular flexibility index (Phi) is 3.66. The van der Waals surface area contributed by atoms with Crippen LogP contribution in [0.4, 0.5) is 0 Å². The summed E-state index contributed by atoms with van der Waals surface area (Å²) in [5.41, 5.74) is -0.0880. The standard InChI is InChI=1S/C3H4N2O.C2H6/c6-3-1-2-4-5-3;1-2/h1-2H,(H2,4,5,6);1-2H3. The van der Waals surface area contributed by atoms with Gasteiger partial charge in [-0.1, -0.05) is 13.8 Å². The van der Waals surface area contributed by atoms with E-state index < -0.39 is 0 Å². The molecule has 46 valence electrons. The van der Waals surface area contributed by atoms with Crippen LogP contribution in [0.15, 0.2) is 17.1 Å². The number of aromatic nitrogens is 2. The van der Waals surface area contributed by atoms with Crippen LogP contribution < -0.4 is 5.56 Å². The third-order valence-electron chi connectivity index (χ3n) is 0.513. The fourth-order valence-corrected chi connectivity index (χ4v) is 0.272. The molecule has 0 aliphatic rings. The summed E-state index contributed by atoms with van der Waals surface area (Å²) in [6.45, 7) is 4.00. The summed E-state index contributed by atoms with van der Waals surface area (Å²) < 4.78 is 0. The van der Waals surface area contributed by atoms with E-state index in [-0.39, 0.29) is 5.56 Å². The first-order valence-corrected chi connectivity index (χ1v) is 2.61. The van der Waals surface area contributed by atoms with Gasteiger partial charge in [0, 0.05) is 12.3 Å². The van der Waals surface area contributed by atoms with E-state index >= 15 is 0 Å². The Balaban J connectivity index is 0.000000222. The maximum absolute atomic E-state index is 9.98. The molecule has 1 aromatic heterocycles. The molecule has 8 heavy (non-hydrogen) atoms. The Morgan fingerprint density at radius 3 is 2.25 bits per heavy atom. The molecule has 0 radical (unpaired) electrons. The Morgan fingerprint density at radius 1 is 1.50 bits per heavy atom. The molecule has 0 fully saturated rings. The molecule has 0 aliphatic heterocycles. The zero-order chi connectivity index (χ0) is 6.41. The maximum atomic E-state index is 9.98. The summed E-state index contributed by atoms with van der Waals surface area (Å²) >= 11 is 0. The van der Waals surface area contributed by atoms with Crippen LogP contribution in [-0.4, -0.2) is 10.2 Å². The first kappa shape index (κ1) is 7.01. The molecular formula is C5H10N2O. The molecule has 0 unspecified atom stereocenters. The molecule has 3 nitrogen and oxygen atoms in total. The Hall–Kier alpha value is -0.990. The van der Waals surface area contributed by atoms with Crippen molar-refractivity contribution in [2.45, 2.75) is 13.8 Å². The highest BCUT2D eigenvalue weighted by Crippen LogP contribution is 1.53. The molecule has 0 spiro atoms. The molecule has 1 heterocycles. The number of hydrogen-bond acceptors (Lipinski definition) is 1. The first-order chi connectivity index (χ1) is 3.89.